The first-order chi connectivity index (χ1) is 24.5. The molecule has 7 atom stereocenters. The van der Waals surface area contributed by atoms with E-state index >= 15 is 4.39 Å². The molecule has 14 heteroatoms. The van der Waals surface area contributed by atoms with Gasteiger partial charge in [-0.3, -0.25) is 4.57 Å². The molecule has 7 rings (SSSR count). The third-order valence-electron chi connectivity index (χ3n) is 11.7. The van der Waals surface area contributed by atoms with Crippen molar-refractivity contribution in [2.24, 2.45) is 5.92 Å². The zero-order valence-electron chi connectivity index (χ0n) is 32.2. The first-order valence-corrected chi connectivity index (χ1v) is 25.8. The number of rotatable bonds is 14. The molecule has 2 saturated heterocycles. The van der Waals surface area contributed by atoms with E-state index in [0.717, 1.165) is 36.4 Å². The molecule has 1 N–H and O–H groups in total. The Bertz CT molecular complexity index is 1780. The Balaban J connectivity index is 1.12. The van der Waals surface area contributed by atoms with Gasteiger partial charge < -0.3 is 33.4 Å². The molecule has 0 amide bonds. The van der Waals surface area contributed by atoms with Gasteiger partial charge in [0.2, 0.25) is 0 Å². The number of aromatic nitrogens is 3. The highest BCUT2D eigenvalue weighted by atomic mass is 35.5. The normalized spacial score (nSPS) is 27.3. The number of benzene rings is 1. The highest BCUT2D eigenvalue weighted by Crippen LogP contribution is 2.49. The molecule has 1 aromatic carbocycles. The maximum atomic E-state index is 15.7. The van der Waals surface area contributed by atoms with Gasteiger partial charge in [0.05, 0.1) is 30.4 Å². The van der Waals surface area contributed by atoms with Gasteiger partial charge in [-0.1, -0.05) is 58.1 Å². The Morgan fingerprint density at radius 2 is 1.77 bits per heavy atom. The average Bonchev–Trinajstić information content (AvgIpc) is 3.33. The number of hydrogen-bond acceptors (Lipinski definition) is 9. The molecule has 2 aromatic heterocycles. The maximum absolute atomic E-state index is 15.7. The molecule has 3 fully saturated rings. The number of methoxy groups -OCH3 is 1. The Morgan fingerprint density at radius 3 is 2.48 bits per heavy atom. The lowest BCUT2D eigenvalue weighted by Gasteiger charge is -2.39. The van der Waals surface area contributed by atoms with Crippen LogP contribution in [0.25, 0.3) is 11.2 Å². The number of nitrogens with zero attached hydrogens (tertiary/aromatic N) is 3. The van der Waals surface area contributed by atoms with Crippen molar-refractivity contribution in [1.29, 1.82) is 0 Å². The molecular weight excluding hydrogens is 719 g/mol. The van der Waals surface area contributed by atoms with Crippen LogP contribution in [0.1, 0.15) is 62.3 Å². The van der Waals surface area contributed by atoms with Gasteiger partial charge in [-0.25, -0.2) is 9.37 Å². The fourth-order valence-electron chi connectivity index (χ4n) is 7.48. The molecule has 3 aromatic rings. The number of nitrogens with one attached hydrogen (secondary N) is 1. The summed E-state index contributed by atoms with van der Waals surface area (Å²) in [6.45, 7) is 20.5. The van der Waals surface area contributed by atoms with Crippen LogP contribution >= 0.6 is 11.6 Å². The van der Waals surface area contributed by atoms with E-state index in [1.807, 2.05) is 4.57 Å². The zero-order valence-corrected chi connectivity index (χ0v) is 34.9. The van der Waals surface area contributed by atoms with E-state index in [0.29, 0.717) is 71.8 Å². The van der Waals surface area contributed by atoms with Crippen LogP contribution in [0.4, 0.5) is 10.2 Å². The number of hydrogen-bond donors (Lipinski definition) is 1. The Kier molecular flexibility index (Phi) is 10.7. The molecule has 286 valence electrons. The van der Waals surface area contributed by atoms with E-state index in [4.69, 9.17) is 49.7 Å². The molecule has 0 radical (unpaired) electrons. The second kappa shape index (κ2) is 14.5. The maximum Gasteiger partial charge on any atom is 0.301 e. The van der Waals surface area contributed by atoms with Crippen LogP contribution in [0.5, 0.6) is 6.01 Å². The first-order valence-electron chi connectivity index (χ1n) is 18.8. The lowest BCUT2D eigenvalue weighted by molar-refractivity contribution is 0.00687. The number of fused-ring (bicyclic) bond motifs is 3. The number of imidazole rings is 1. The van der Waals surface area contributed by atoms with Crippen molar-refractivity contribution < 1.29 is 32.5 Å². The fraction of sp³-hybridized carbons (Fsp3) is 0.684. The molecule has 0 spiro atoms. The first kappa shape index (κ1) is 38.2. The Labute approximate surface area is 314 Å². The van der Waals surface area contributed by atoms with Gasteiger partial charge >= 0.3 is 6.01 Å². The third kappa shape index (κ3) is 7.84. The summed E-state index contributed by atoms with van der Waals surface area (Å²) in [6, 6.07) is 6.82. The van der Waals surface area contributed by atoms with E-state index in [1.165, 1.54) is 0 Å². The largest absolute Gasteiger partial charge is 0.456 e. The molecule has 10 nitrogen and oxygen atoms in total. The summed E-state index contributed by atoms with van der Waals surface area (Å²) in [4.78, 5) is 9.84. The molecular formula is C38H56ClFN4O6Si2. The smallest absolute Gasteiger partial charge is 0.301 e. The number of halogens is 2. The van der Waals surface area contributed by atoms with Crippen LogP contribution in [-0.4, -0.2) is 88.9 Å². The van der Waals surface area contributed by atoms with E-state index in [1.54, 1.807) is 19.2 Å². The monoisotopic (exact) mass is 774 g/mol. The predicted molar refractivity (Wildman–Crippen MR) is 206 cm³/mol. The molecule has 1 saturated carbocycles. The van der Waals surface area contributed by atoms with Crippen LogP contribution in [0.15, 0.2) is 18.2 Å². The van der Waals surface area contributed by atoms with Gasteiger partial charge in [0.1, 0.15) is 36.1 Å². The lowest BCUT2D eigenvalue weighted by Crippen LogP contribution is -2.47. The topological polar surface area (TPSA) is 98.1 Å². The number of ether oxygens (including phenoxy) is 5. The van der Waals surface area contributed by atoms with E-state index in [2.05, 4.69) is 64.9 Å². The number of anilines is 1. The van der Waals surface area contributed by atoms with Crippen molar-refractivity contribution in [1.82, 2.24) is 14.5 Å². The quantitative estimate of drug-likeness (QED) is 0.128. The summed E-state index contributed by atoms with van der Waals surface area (Å²) < 4.78 is 55.0. The van der Waals surface area contributed by atoms with Gasteiger partial charge in [0.25, 0.3) is 0 Å². The minimum Gasteiger partial charge on any atom is -0.456 e. The minimum atomic E-state index is -2.03. The van der Waals surface area contributed by atoms with E-state index in [-0.39, 0.29) is 48.0 Å². The third-order valence-corrected chi connectivity index (χ3v) is 18.2. The van der Waals surface area contributed by atoms with Crippen LogP contribution in [0.2, 0.25) is 48.8 Å². The Hall–Kier alpha value is -2.11. The van der Waals surface area contributed by atoms with E-state index in [9.17, 15) is 0 Å². The SMILES string of the molecule is COCC1CC1c1cc(F)c2c(c1)CC[C@@H]2Nc1nc2c(cc1Cl)nc(O[C@@H]1CO[C@H]3[C@@H]1OC[C@H]3O[Si](C)(C)C(C)(C)C)n2COCC[Si](C)(C)C. The van der Waals surface area contributed by atoms with Crippen LogP contribution in [0.3, 0.4) is 0 Å². The van der Waals surface area contributed by atoms with Crippen molar-refractivity contribution in [3.63, 3.8) is 0 Å². The van der Waals surface area contributed by atoms with Crippen molar-refractivity contribution in [3.8, 4) is 6.01 Å². The molecule has 0 bridgehead atoms. The summed E-state index contributed by atoms with van der Waals surface area (Å²) in [5, 5.41) is 3.96. The summed E-state index contributed by atoms with van der Waals surface area (Å²) in [7, 11) is -1.62. The molecule has 2 aliphatic heterocycles. The van der Waals surface area contributed by atoms with E-state index < -0.39 is 16.4 Å². The summed E-state index contributed by atoms with van der Waals surface area (Å²) in [6.07, 6.45) is 1.56. The van der Waals surface area contributed by atoms with Gasteiger partial charge in [-0.15, -0.1) is 0 Å². The zero-order chi connectivity index (χ0) is 37.2. The van der Waals surface area contributed by atoms with Crippen molar-refractivity contribution in [2.75, 3.05) is 38.9 Å². The summed E-state index contributed by atoms with van der Waals surface area (Å²) in [5.74, 6) is 1.13. The molecule has 52 heavy (non-hydrogen) atoms. The van der Waals surface area contributed by atoms with Crippen molar-refractivity contribution in [2.45, 2.75) is 127 Å². The Morgan fingerprint density at radius 1 is 1.04 bits per heavy atom. The van der Waals surface area contributed by atoms with Crippen molar-refractivity contribution in [3.05, 3.63) is 45.7 Å². The predicted octanol–water partition coefficient (Wildman–Crippen LogP) is 8.32. The highest BCUT2D eigenvalue weighted by Gasteiger charge is 2.52. The lowest BCUT2D eigenvalue weighted by atomic mass is 10.0. The standard InChI is InChI=1S/C38H56ClFN4O6Si2/c1-38(2,3)52(8,9)50-31-20-48-33-30(19-47-34(31)33)49-37-42-29-17-26(39)35(43-36(29)44(37)21-46-12-13-51(5,6)7)41-28-11-10-22-14-23(16-27(40)32(22)28)25-15-24(25)18-45-4/h14,16-17,24-25,28,30-31,33-34H,10-13,15,18-21H2,1-9H3,(H,41,43)/t24?,25?,28-,30+,31+,33+,34+/m0/s1. The average molecular weight is 776 g/mol. The fourth-order valence-corrected chi connectivity index (χ4v) is 9.75. The molecule has 2 unspecified atom stereocenters. The second-order valence-electron chi connectivity index (χ2n) is 17.9. The van der Waals surface area contributed by atoms with Crippen LogP contribution in [0, 0.1) is 11.7 Å². The second-order valence-corrected chi connectivity index (χ2v) is 28.7. The number of pyridine rings is 1. The minimum absolute atomic E-state index is 0.0745. The van der Waals surface area contributed by atoms with Gasteiger partial charge in [-0.2, -0.15) is 4.98 Å². The molecule has 2 aliphatic carbocycles. The van der Waals surface area contributed by atoms with Gasteiger partial charge in [0.15, 0.2) is 20.1 Å². The summed E-state index contributed by atoms with van der Waals surface area (Å²) in [5.41, 5.74) is 3.97. The molecule has 4 aliphatic rings. The van der Waals surface area contributed by atoms with Gasteiger partial charge in [0, 0.05) is 34.0 Å². The van der Waals surface area contributed by atoms with Crippen LogP contribution < -0.4 is 10.1 Å². The van der Waals surface area contributed by atoms with Gasteiger partial charge in [-0.05, 0) is 78.5 Å². The highest BCUT2D eigenvalue weighted by molar-refractivity contribution is 6.76. The van der Waals surface area contributed by atoms with Crippen LogP contribution in [-0.2, 0) is 36.5 Å². The summed E-state index contributed by atoms with van der Waals surface area (Å²) >= 11 is 6.85. The van der Waals surface area contributed by atoms with Crippen molar-refractivity contribution >= 4 is 45.0 Å². The number of aryl methyl sites for hydroxylation is 1. The molecule has 4 heterocycles.